The molecule has 14 aromatic rings. The van der Waals surface area contributed by atoms with Gasteiger partial charge in [-0.25, -0.2) is 0 Å². The third-order valence-electron chi connectivity index (χ3n) is 18.7. The molecule has 16 rings (SSSR count). The van der Waals surface area contributed by atoms with Gasteiger partial charge >= 0.3 is 0 Å². The van der Waals surface area contributed by atoms with Crippen LogP contribution in [-0.4, -0.2) is 0 Å². The number of hydrogen-bond acceptors (Lipinski definition) is 2. The highest BCUT2D eigenvalue weighted by molar-refractivity contribution is 9.11. The summed E-state index contributed by atoms with van der Waals surface area (Å²) in [6.45, 7) is 1.28. The molecule has 0 saturated heterocycles. The summed E-state index contributed by atoms with van der Waals surface area (Å²) in [6, 6.07) is 125. The van der Waals surface area contributed by atoms with Gasteiger partial charge in [-0.3, -0.25) is 0 Å². The molecule has 1 aliphatic carbocycles. The zero-order valence-electron chi connectivity index (χ0n) is 49.9. The van der Waals surface area contributed by atoms with Crippen LogP contribution < -0.4 is 9.80 Å². The molecule has 0 radical (unpaired) electrons. The Morgan fingerprint density at radius 3 is 1.15 bits per heavy atom. The summed E-state index contributed by atoms with van der Waals surface area (Å²) in [6.07, 6.45) is 0. The van der Waals surface area contributed by atoms with Gasteiger partial charge in [-0.05, 0) is 193 Å². The zero-order chi connectivity index (χ0) is 60.8. The summed E-state index contributed by atoms with van der Waals surface area (Å²) in [4.78, 5) is 5.03. The Morgan fingerprint density at radius 2 is 0.648 bits per heavy atom. The van der Waals surface area contributed by atoms with E-state index in [2.05, 4.69) is 381 Å². The molecule has 0 amide bonds. The molecule has 0 N–H and O–H groups in total. The molecular weight excluding hydrogens is 1230 g/mol. The standard InChI is InChI=1S/C87H60Br2N2/c88-82-42-20-13-31-67(82)57-91-83-53-47-65(59-23-5-1-6-24-59)55-80(83)87(81-56-66(48-54-84(81)91)60-25-7-2-8-26-60)78-40-19-18-37-77(78)85-75(38-22-41-79(85)87)76-39-21-32-68(86(76)89)58-90(69-49-43-63(44-50-69)73-35-16-14-33-71(73)61-27-9-3-10-28-61)70-51-45-64(46-52-70)74-36-17-15-34-72(74)62-29-11-4-12-30-62/h1-56H,57-58H2. The van der Waals surface area contributed by atoms with E-state index in [-0.39, 0.29) is 0 Å². The van der Waals surface area contributed by atoms with Crippen LogP contribution in [0.15, 0.2) is 349 Å². The maximum absolute atomic E-state index is 4.40. The lowest BCUT2D eigenvalue weighted by molar-refractivity contribution is 0.735. The first-order valence-electron chi connectivity index (χ1n) is 31.2. The molecular formula is C87H60Br2N2. The molecule has 1 heterocycles. The fourth-order valence-corrected chi connectivity index (χ4v) is 15.4. The Hall–Kier alpha value is -10.4. The lowest BCUT2D eigenvalue weighted by Gasteiger charge is -2.45. The van der Waals surface area contributed by atoms with Crippen molar-refractivity contribution in [2.75, 3.05) is 9.80 Å². The van der Waals surface area contributed by atoms with Gasteiger partial charge in [-0.1, -0.05) is 301 Å². The molecule has 14 aromatic carbocycles. The first kappa shape index (κ1) is 55.9. The Kier molecular flexibility index (Phi) is 14.7. The van der Waals surface area contributed by atoms with E-state index in [0.29, 0.717) is 13.1 Å². The van der Waals surface area contributed by atoms with E-state index in [1.165, 1.54) is 128 Å². The number of rotatable bonds is 13. The summed E-state index contributed by atoms with van der Waals surface area (Å²) < 4.78 is 2.16. The molecule has 2 nitrogen and oxygen atoms in total. The van der Waals surface area contributed by atoms with E-state index in [1.54, 1.807) is 0 Å². The van der Waals surface area contributed by atoms with Crippen molar-refractivity contribution >= 4 is 54.6 Å². The average Bonchev–Trinajstić information content (AvgIpc) is 1.56. The van der Waals surface area contributed by atoms with Crippen molar-refractivity contribution < 1.29 is 0 Å². The average molecular weight is 1290 g/mol. The Labute approximate surface area is 550 Å². The Bertz CT molecular complexity index is 4790. The topological polar surface area (TPSA) is 6.48 Å². The van der Waals surface area contributed by atoms with Gasteiger partial charge < -0.3 is 9.80 Å². The predicted octanol–water partition coefficient (Wildman–Crippen LogP) is 24.2. The highest BCUT2D eigenvalue weighted by Gasteiger charge is 2.52. The van der Waals surface area contributed by atoms with Crippen molar-refractivity contribution in [3.05, 3.63) is 382 Å². The summed E-state index contributed by atoms with van der Waals surface area (Å²) >= 11 is 8.38. The molecule has 0 atom stereocenters. The number of halogens is 2. The molecule has 1 aliphatic heterocycles. The number of benzene rings is 14. The third kappa shape index (κ3) is 9.95. The van der Waals surface area contributed by atoms with Gasteiger partial charge in [0.1, 0.15) is 0 Å². The highest BCUT2D eigenvalue weighted by atomic mass is 79.9. The number of fused-ring (bicyclic) bond motifs is 9. The monoisotopic (exact) mass is 1290 g/mol. The molecule has 0 bridgehead atoms. The number of hydrogen-bond donors (Lipinski definition) is 0. The number of nitrogens with zero attached hydrogens (tertiary/aromatic N) is 2. The minimum Gasteiger partial charge on any atom is -0.337 e. The Morgan fingerprint density at radius 1 is 0.275 bits per heavy atom. The van der Waals surface area contributed by atoms with E-state index in [0.717, 1.165) is 25.9 Å². The van der Waals surface area contributed by atoms with Crippen LogP contribution in [-0.2, 0) is 18.5 Å². The summed E-state index contributed by atoms with van der Waals surface area (Å²) in [5.41, 5.74) is 30.4. The van der Waals surface area contributed by atoms with Crippen LogP contribution in [0.25, 0.3) is 89.0 Å². The quantitative estimate of drug-likeness (QED) is 0.114. The van der Waals surface area contributed by atoms with Gasteiger partial charge in [0, 0.05) is 44.8 Å². The normalized spacial score (nSPS) is 12.4. The molecule has 432 valence electrons. The minimum atomic E-state index is -0.713. The van der Waals surface area contributed by atoms with Crippen LogP contribution in [0.2, 0.25) is 0 Å². The van der Waals surface area contributed by atoms with Crippen LogP contribution in [0.1, 0.15) is 33.4 Å². The van der Waals surface area contributed by atoms with Crippen molar-refractivity contribution in [1.29, 1.82) is 0 Å². The van der Waals surface area contributed by atoms with Crippen LogP contribution in [0.5, 0.6) is 0 Å². The molecule has 0 unspecified atom stereocenters. The second-order valence-corrected chi connectivity index (χ2v) is 25.3. The first-order valence-corrected chi connectivity index (χ1v) is 32.8. The smallest absolute Gasteiger partial charge is 0.0754 e. The fraction of sp³-hybridized carbons (Fsp3) is 0.0345. The Balaban J connectivity index is 0.858. The zero-order valence-corrected chi connectivity index (χ0v) is 53.1. The SMILES string of the molecule is Brc1ccccc1CN1c2ccc(-c3ccccc3)cc2C2(c3ccccc3-c3c(-c4cccc(CN(c5ccc(-c6ccccc6-c6ccccc6)cc5)c5ccc(-c6ccccc6-c6ccccc6)cc5)c4Br)cccc32)c2cc(-c3ccccc3)ccc21. The van der Waals surface area contributed by atoms with E-state index in [4.69, 9.17) is 0 Å². The van der Waals surface area contributed by atoms with Crippen LogP contribution >= 0.6 is 31.9 Å². The van der Waals surface area contributed by atoms with Crippen molar-refractivity contribution in [2.24, 2.45) is 0 Å². The highest BCUT2D eigenvalue weighted by Crippen LogP contribution is 2.65. The third-order valence-corrected chi connectivity index (χ3v) is 20.4. The van der Waals surface area contributed by atoms with E-state index in [1.807, 2.05) is 0 Å². The second kappa shape index (κ2) is 23.9. The van der Waals surface area contributed by atoms with E-state index < -0.39 is 5.41 Å². The minimum absolute atomic E-state index is 0.600. The molecule has 91 heavy (non-hydrogen) atoms. The van der Waals surface area contributed by atoms with E-state index in [9.17, 15) is 0 Å². The summed E-state index contributed by atoms with van der Waals surface area (Å²) in [5.74, 6) is 0. The largest absolute Gasteiger partial charge is 0.337 e. The maximum atomic E-state index is 4.40. The van der Waals surface area contributed by atoms with E-state index >= 15 is 0 Å². The molecule has 4 heteroatoms. The van der Waals surface area contributed by atoms with Gasteiger partial charge in [0.15, 0.2) is 0 Å². The fourth-order valence-electron chi connectivity index (χ4n) is 14.4. The van der Waals surface area contributed by atoms with Gasteiger partial charge in [0.05, 0.1) is 5.41 Å². The van der Waals surface area contributed by atoms with Crippen molar-refractivity contribution in [3.8, 4) is 89.0 Å². The van der Waals surface area contributed by atoms with Gasteiger partial charge in [0.2, 0.25) is 0 Å². The van der Waals surface area contributed by atoms with Crippen molar-refractivity contribution in [1.82, 2.24) is 0 Å². The summed E-state index contributed by atoms with van der Waals surface area (Å²) in [5, 5.41) is 0. The second-order valence-electron chi connectivity index (χ2n) is 23.7. The molecule has 2 aliphatic rings. The lowest BCUT2D eigenvalue weighted by Crippen LogP contribution is -2.37. The molecule has 0 fully saturated rings. The maximum Gasteiger partial charge on any atom is 0.0754 e. The van der Waals surface area contributed by atoms with Crippen LogP contribution in [0, 0.1) is 0 Å². The summed E-state index contributed by atoms with van der Waals surface area (Å²) in [7, 11) is 0. The van der Waals surface area contributed by atoms with Gasteiger partial charge in [0.25, 0.3) is 0 Å². The lowest BCUT2D eigenvalue weighted by atomic mass is 9.64. The number of anilines is 4. The van der Waals surface area contributed by atoms with Crippen molar-refractivity contribution in [3.63, 3.8) is 0 Å². The van der Waals surface area contributed by atoms with Crippen molar-refractivity contribution in [2.45, 2.75) is 18.5 Å². The van der Waals surface area contributed by atoms with Gasteiger partial charge in [-0.15, -0.1) is 0 Å². The molecule has 0 aromatic heterocycles. The van der Waals surface area contributed by atoms with Crippen LogP contribution in [0.3, 0.4) is 0 Å². The van der Waals surface area contributed by atoms with Crippen LogP contribution in [0.4, 0.5) is 22.7 Å². The predicted molar refractivity (Wildman–Crippen MR) is 388 cm³/mol. The molecule has 0 saturated carbocycles. The molecule has 1 spiro atoms. The first-order chi connectivity index (χ1) is 45.0. The van der Waals surface area contributed by atoms with Gasteiger partial charge in [-0.2, -0.15) is 0 Å².